The summed E-state index contributed by atoms with van der Waals surface area (Å²) in [5, 5.41) is 3.40. The van der Waals surface area contributed by atoms with Crippen molar-refractivity contribution < 1.29 is 0 Å². The van der Waals surface area contributed by atoms with Gasteiger partial charge in [0.1, 0.15) is 0 Å². The Kier molecular flexibility index (Phi) is 2.63. The summed E-state index contributed by atoms with van der Waals surface area (Å²) in [5.41, 5.74) is 9.09. The van der Waals surface area contributed by atoms with Crippen LogP contribution in [-0.4, -0.2) is 4.98 Å². The van der Waals surface area contributed by atoms with Crippen molar-refractivity contribution in [2.75, 3.05) is 0 Å². The summed E-state index contributed by atoms with van der Waals surface area (Å²) in [6, 6.07) is 10.6. The van der Waals surface area contributed by atoms with Crippen molar-refractivity contribution in [3.05, 3.63) is 53.7 Å². The van der Waals surface area contributed by atoms with Crippen LogP contribution in [0.5, 0.6) is 0 Å². The van der Waals surface area contributed by atoms with E-state index < -0.39 is 0 Å². The molecule has 3 aromatic rings. The molecule has 3 rings (SSSR count). The molecule has 2 N–H and O–H groups in total. The van der Waals surface area contributed by atoms with Crippen LogP contribution in [0, 0.1) is 0 Å². The standard InChI is InChI=1S/C14H12N2S/c15-7-10-6-12(9-16-8-10)13-3-1-2-11-4-5-17-14(11)13/h1-6,8-9H,7,15H2. The van der Waals surface area contributed by atoms with E-state index in [1.54, 1.807) is 11.3 Å². The number of hydrogen-bond donors (Lipinski definition) is 1. The summed E-state index contributed by atoms with van der Waals surface area (Å²) in [7, 11) is 0. The Labute approximate surface area is 104 Å². The minimum Gasteiger partial charge on any atom is -0.326 e. The van der Waals surface area contributed by atoms with E-state index in [0.717, 1.165) is 11.1 Å². The normalized spacial score (nSPS) is 10.9. The van der Waals surface area contributed by atoms with Gasteiger partial charge < -0.3 is 5.73 Å². The molecule has 0 bridgehead atoms. The van der Waals surface area contributed by atoms with Gasteiger partial charge in [-0.15, -0.1) is 11.3 Å². The van der Waals surface area contributed by atoms with Crippen LogP contribution < -0.4 is 5.73 Å². The first kappa shape index (κ1) is 10.4. The van der Waals surface area contributed by atoms with Crippen LogP contribution in [0.3, 0.4) is 0 Å². The first-order valence-electron chi connectivity index (χ1n) is 5.49. The Bertz CT molecular complexity index is 658. The van der Waals surface area contributed by atoms with Gasteiger partial charge in [0, 0.05) is 34.8 Å². The zero-order valence-electron chi connectivity index (χ0n) is 9.26. The molecule has 0 aliphatic heterocycles. The number of thiophene rings is 1. The maximum atomic E-state index is 5.65. The largest absolute Gasteiger partial charge is 0.326 e. The van der Waals surface area contributed by atoms with Crippen molar-refractivity contribution in [1.82, 2.24) is 4.98 Å². The molecular weight excluding hydrogens is 228 g/mol. The minimum absolute atomic E-state index is 0.529. The van der Waals surface area contributed by atoms with Crippen molar-refractivity contribution in [3.63, 3.8) is 0 Å². The quantitative estimate of drug-likeness (QED) is 0.745. The summed E-state index contributed by atoms with van der Waals surface area (Å²) in [6.07, 6.45) is 3.71. The lowest BCUT2D eigenvalue weighted by molar-refractivity contribution is 1.05. The number of fused-ring (bicyclic) bond motifs is 1. The van der Waals surface area contributed by atoms with E-state index >= 15 is 0 Å². The highest BCUT2D eigenvalue weighted by Gasteiger charge is 2.05. The van der Waals surface area contributed by atoms with Gasteiger partial charge >= 0.3 is 0 Å². The van der Waals surface area contributed by atoms with Crippen LogP contribution in [-0.2, 0) is 6.54 Å². The number of aromatic nitrogens is 1. The second kappa shape index (κ2) is 4.28. The number of hydrogen-bond acceptors (Lipinski definition) is 3. The van der Waals surface area contributed by atoms with E-state index in [1.807, 2.05) is 12.4 Å². The SMILES string of the molecule is NCc1cncc(-c2cccc3ccsc23)c1. The maximum absolute atomic E-state index is 5.65. The second-order valence-corrected chi connectivity index (χ2v) is 4.85. The lowest BCUT2D eigenvalue weighted by atomic mass is 10.0. The van der Waals surface area contributed by atoms with Gasteiger partial charge in [-0.1, -0.05) is 18.2 Å². The molecule has 0 aliphatic carbocycles. The summed E-state index contributed by atoms with van der Waals surface area (Å²) >= 11 is 1.76. The fourth-order valence-corrected chi connectivity index (χ4v) is 2.90. The van der Waals surface area contributed by atoms with E-state index in [-0.39, 0.29) is 0 Å². The summed E-state index contributed by atoms with van der Waals surface area (Å²) in [4.78, 5) is 4.25. The van der Waals surface area contributed by atoms with E-state index in [2.05, 4.69) is 40.7 Å². The molecule has 84 valence electrons. The maximum Gasteiger partial charge on any atom is 0.0421 e. The number of nitrogens with zero attached hydrogens (tertiary/aromatic N) is 1. The van der Waals surface area contributed by atoms with Gasteiger partial charge in [-0.25, -0.2) is 0 Å². The van der Waals surface area contributed by atoms with Gasteiger partial charge in [-0.2, -0.15) is 0 Å². The summed E-state index contributed by atoms with van der Waals surface area (Å²) in [5.74, 6) is 0. The molecule has 2 heterocycles. The Morgan fingerprint density at radius 2 is 2.12 bits per heavy atom. The lowest BCUT2D eigenvalue weighted by Gasteiger charge is -2.04. The lowest BCUT2D eigenvalue weighted by Crippen LogP contribution is -1.97. The van der Waals surface area contributed by atoms with Crippen LogP contribution in [0.2, 0.25) is 0 Å². The third kappa shape index (κ3) is 1.84. The number of pyridine rings is 1. The third-order valence-electron chi connectivity index (χ3n) is 2.82. The fraction of sp³-hybridized carbons (Fsp3) is 0.0714. The number of nitrogens with two attached hydrogens (primary N) is 1. The van der Waals surface area contributed by atoms with Crippen LogP contribution in [0.1, 0.15) is 5.56 Å². The average molecular weight is 240 g/mol. The molecule has 1 aromatic carbocycles. The van der Waals surface area contributed by atoms with E-state index in [4.69, 9.17) is 5.73 Å². The molecule has 0 fully saturated rings. The highest BCUT2D eigenvalue weighted by molar-refractivity contribution is 7.17. The first-order chi connectivity index (χ1) is 8.38. The van der Waals surface area contributed by atoms with Crippen LogP contribution in [0.4, 0.5) is 0 Å². The van der Waals surface area contributed by atoms with Crippen LogP contribution in [0.15, 0.2) is 48.1 Å². The van der Waals surface area contributed by atoms with Gasteiger partial charge in [-0.3, -0.25) is 4.98 Å². The zero-order valence-corrected chi connectivity index (χ0v) is 10.1. The summed E-state index contributed by atoms with van der Waals surface area (Å²) < 4.78 is 1.31. The molecule has 17 heavy (non-hydrogen) atoms. The van der Waals surface area contributed by atoms with Gasteiger partial charge in [0.2, 0.25) is 0 Å². The van der Waals surface area contributed by atoms with Crippen molar-refractivity contribution in [1.29, 1.82) is 0 Å². The van der Waals surface area contributed by atoms with Crippen molar-refractivity contribution >= 4 is 21.4 Å². The molecular formula is C14H12N2S. The molecule has 0 saturated carbocycles. The predicted molar refractivity (Wildman–Crippen MR) is 72.9 cm³/mol. The Hall–Kier alpha value is -1.71. The van der Waals surface area contributed by atoms with E-state index in [9.17, 15) is 0 Å². The number of rotatable bonds is 2. The van der Waals surface area contributed by atoms with Gasteiger partial charge in [0.25, 0.3) is 0 Å². The fourth-order valence-electron chi connectivity index (χ4n) is 1.97. The molecule has 3 heteroatoms. The zero-order chi connectivity index (χ0) is 11.7. The van der Waals surface area contributed by atoms with E-state index in [1.165, 1.54) is 15.6 Å². The molecule has 0 radical (unpaired) electrons. The van der Waals surface area contributed by atoms with Crippen LogP contribution >= 0.6 is 11.3 Å². The molecule has 0 amide bonds. The smallest absolute Gasteiger partial charge is 0.0421 e. The Balaban J connectivity index is 2.23. The minimum atomic E-state index is 0.529. The third-order valence-corrected chi connectivity index (χ3v) is 3.78. The predicted octanol–water partition coefficient (Wildman–Crippen LogP) is 3.42. The Morgan fingerprint density at radius 3 is 3.00 bits per heavy atom. The van der Waals surface area contributed by atoms with Crippen molar-refractivity contribution in [2.45, 2.75) is 6.54 Å². The molecule has 0 saturated heterocycles. The second-order valence-electron chi connectivity index (χ2n) is 3.93. The van der Waals surface area contributed by atoms with E-state index in [0.29, 0.717) is 6.54 Å². The van der Waals surface area contributed by atoms with Gasteiger partial charge in [0.05, 0.1) is 0 Å². The van der Waals surface area contributed by atoms with Crippen molar-refractivity contribution in [3.8, 4) is 11.1 Å². The molecule has 0 unspecified atom stereocenters. The van der Waals surface area contributed by atoms with Crippen molar-refractivity contribution in [2.24, 2.45) is 5.73 Å². The monoisotopic (exact) mass is 240 g/mol. The first-order valence-corrected chi connectivity index (χ1v) is 6.37. The summed E-state index contributed by atoms with van der Waals surface area (Å²) in [6.45, 7) is 0.529. The number of benzene rings is 1. The molecule has 2 nitrogen and oxygen atoms in total. The average Bonchev–Trinajstić information content (AvgIpc) is 2.87. The molecule has 0 spiro atoms. The molecule has 2 aromatic heterocycles. The van der Waals surface area contributed by atoms with Crippen LogP contribution in [0.25, 0.3) is 21.2 Å². The highest BCUT2D eigenvalue weighted by Crippen LogP contribution is 2.32. The molecule has 0 atom stereocenters. The Morgan fingerprint density at radius 1 is 1.18 bits per heavy atom. The van der Waals surface area contributed by atoms with Gasteiger partial charge in [-0.05, 0) is 28.5 Å². The topological polar surface area (TPSA) is 38.9 Å². The van der Waals surface area contributed by atoms with Gasteiger partial charge in [0.15, 0.2) is 0 Å². The molecule has 0 aliphatic rings. The highest BCUT2D eigenvalue weighted by atomic mass is 32.1.